The van der Waals surface area contributed by atoms with E-state index in [9.17, 15) is 19.5 Å². The summed E-state index contributed by atoms with van der Waals surface area (Å²) in [5, 5.41) is 11.8. The minimum atomic E-state index is -1.05. The number of hydrogen-bond acceptors (Lipinski definition) is 4. The summed E-state index contributed by atoms with van der Waals surface area (Å²) in [6, 6.07) is -0.912. The molecule has 2 N–H and O–H groups in total. The molecule has 2 bridgehead atoms. The molecule has 2 amide bonds. The van der Waals surface area contributed by atoms with E-state index in [1.807, 2.05) is 0 Å². The molecule has 2 saturated heterocycles. The van der Waals surface area contributed by atoms with Crippen LogP contribution in [0, 0.1) is 5.92 Å². The van der Waals surface area contributed by atoms with Crippen molar-refractivity contribution in [3.05, 3.63) is 0 Å². The molecule has 2 rings (SSSR count). The van der Waals surface area contributed by atoms with Gasteiger partial charge in [-0.2, -0.15) is 0 Å². The minimum absolute atomic E-state index is 0.0771. The van der Waals surface area contributed by atoms with Crippen molar-refractivity contribution < 1.29 is 24.2 Å². The highest BCUT2D eigenvalue weighted by atomic mass is 16.5. The first-order valence-electron chi connectivity index (χ1n) is 7.33. The molecule has 0 aliphatic carbocycles. The van der Waals surface area contributed by atoms with Crippen molar-refractivity contribution >= 4 is 17.8 Å². The molecule has 21 heavy (non-hydrogen) atoms. The van der Waals surface area contributed by atoms with Crippen molar-refractivity contribution in [2.24, 2.45) is 5.92 Å². The number of carboxylic acid groups (broad SMARTS) is 1. The first-order chi connectivity index (χ1) is 9.90. The van der Waals surface area contributed by atoms with Gasteiger partial charge in [0.2, 0.25) is 11.8 Å². The molecule has 4 unspecified atom stereocenters. The number of hydrogen-bond donors (Lipinski definition) is 2. The van der Waals surface area contributed by atoms with E-state index in [0.717, 1.165) is 12.8 Å². The van der Waals surface area contributed by atoms with Crippen LogP contribution in [-0.2, 0) is 19.1 Å². The van der Waals surface area contributed by atoms with Crippen LogP contribution in [0.4, 0.5) is 0 Å². The van der Waals surface area contributed by atoms with Gasteiger partial charge in [-0.15, -0.1) is 0 Å². The Morgan fingerprint density at radius 3 is 2.57 bits per heavy atom. The zero-order valence-corrected chi connectivity index (χ0v) is 12.4. The number of nitrogens with one attached hydrogen (secondary N) is 1. The maximum atomic E-state index is 12.6. The Hall–Kier alpha value is -1.63. The van der Waals surface area contributed by atoms with E-state index in [1.54, 1.807) is 0 Å². The zero-order chi connectivity index (χ0) is 15.6. The molecule has 2 aliphatic heterocycles. The van der Waals surface area contributed by atoms with Gasteiger partial charge < -0.3 is 20.1 Å². The third-order valence-corrected chi connectivity index (χ3v) is 4.26. The molecule has 0 radical (unpaired) electrons. The predicted octanol–water partition coefficient (Wildman–Crippen LogP) is -0.00830. The number of fused-ring (bicyclic) bond motifs is 2. The van der Waals surface area contributed by atoms with Gasteiger partial charge in [0, 0.05) is 20.0 Å². The maximum absolute atomic E-state index is 12.6. The van der Waals surface area contributed by atoms with E-state index in [4.69, 9.17) is 4.74 Å². The smallest absolute Gasteiger partial charge is 0.326 e. The lowest BCUT2D eigenvalue weighted by Gasteiger charge is -2.31. The quantitative estimate of drug-likeness (QED) is 0.719. The Balaban J connectivity index is 2.01. The summed E-state index contributed by atoms with van der Waals surface area (Å²) in [6.07, 6.45) is 2.58. The van der Waals surface area contributed by atoms with Crippen LogP contribution < -0.4 is 5.32 Å². The van der Waals surface area contributed by atoms with Crippen LogP contribution in [0.15, 0.2) is 0 Å². The molecule has 2 heterocycles. The van der Waals surface area contributed by atoms with Gasteiger partial charge in [-0.1, -0.05) is 0 Å². The SMILES string of the molecule is CC(=O)NCCN(C(=O)C1CC2CCC1O2)C(C)C(=O)O. The second kappa shape index (κ2) is 6.43. The van der Waals surface area contributed by atoms with Crippen LogP contribution in [0.25, 0.3) is 0 Å². The van der Waals surface area contributed by atoms with Gasteiger partial charge in [0.25, 0.3) is 0 Å². The van der Waals surface area contributed by atoms with E-state index in [0.29, 0.717) is 6.42 Å². The summed E-state index contributed by atoms with van der Waals surface area (Å²) in [5.74, 6) is -1.67. The average Bonchev–Trinajstić information content (AvgIpc) is 3.04. The number of amides is 2. The molecule has 2 fully saturated rings. The summed E-state index contributed by atoms with van der Waals surface area (Å²) < 4.78 is 5.67. The van der Waals surface area contributed by atoms with Crippen LogP contribution in [0.3, 0.4) is 0 Å². The normalized spacial score (nSPS) is 28.2. The predicted molar refractivity (Wildman–Crippen MR) is 73.5 cm³/mol. The summed E-state index contributed by atoms with van der Waals surface area (Å²) >= 11 is 0. The Labute approximate surface area is 123 Å². The fourth-order valence-electron chi connectivity index (χ4n) is 3.09. The van der Waals surface area contributed by atoms with Crippen molar-refractivity contribution in [2.75, 3.05) is 13.1 Å². The van der Waals surface area contributed by atoms with Gasteiger partial charge in [-0.25, -0.2) is 4.79 Å². The first-order valence-corrected chi connectivity index (χ1v) is 7.33. The van der Waals surface area contributed by atoms with Crippen molar-refractivity contribution in [1.82, 2.24) is 10.2 Å². The number of nitrogens with zero attached hydrogens (tertiary/aromatic N) is 1. The Morgan fingerprint density at radius 2 is 2.10 bits per heavy atom. The number of carbonyl (C=O) groups is 3. The maximum Gasteiger partial charge on any atom is 0.326 e. The molecular weight excluding hydrogens is 276 g/mol. The standard InChI is InChI=1S/C14H22N2O5/c1-8(14(19)20)16(6-5-15-9(2)17)13(18)11-7-10-3-4-12(11)21-10/h8,10-12H,3-7H2,1-2H3,(H,15,17)(H,19,20). The number of carboxylic acids is 1. The number of rotatable bonds is 6. The molecule has 2 aliphatic rings. The third kappa shape index (κ3) is 3.53. The van der Waals surface area contributed by atoms with Gasteiger partial charge in [0.1, 0.15) is 6.04 Å². The van der Waals surface area contributed by atoms with Crippen molar-refractivity contribution in [3.63, 3.8) is 0 Å². The number of aliphatic carboxylic acids is 1. The van der Waals surface area contributed by atoms with Crippen LogP contribution in [0.2, 0.25) is 0 Å². The molecule has 118 valence electrons. The minimum Gasteiger partial charge on any atom is -0.480 e. The molecule has 0 spiro atoms. The van der Waals surface area contributed by atoms with E-state index in [1.165, 1.54) is 18.7 Å². The van der Waals surface area contributed by atoms with Crippen LogP contribution in [-0.4, -0.2) is 59.1 Å². The fourth-order valence-corrected chi connectivity index (χ4v) is 3.09. The van der Waals surface area contributed by atoms with Gasteiger partial charge in [-0.3, -0.25) is 9.59 Å². The number of ether oxygens (including phenoxy) is 1. The van der Waals surface area contributed by atoms with E-state index < -0.39 is 12.0 Å². The molecule has 7 nitrogen and oxygen atoms in total. The highest BCUT2D eigenvalue weighted by molar-refractivity contribution is 5.85. The van der Waals surface area contributed by atoms with Crippen LogP contribution >= 0.6 is 0 Å². The lowest BCUT2D eigenvalue weighted by Crippen LogP contribution is -2.50. The lowest BCUT2D eigenvalue weighted by atomic mass is 9.88. The van der Waals surface area contributed by atoms with Crippen LogP contribution in [0.1, 0.15) is 33.1 Å². The van der Waals surface area contributed by atoms with Crippen molar-refractivity contribution in [1.29, 1.82) is 0 Å². The second-order valence-corrected chi connectivity index (χ2v) is 5.74. The topological polar surface area (TPSA) is 95.9 Å². The zero-order valence-electron chi connectivity index (χ0n) is 12.4. The highest BCUT2D eigenvalue weighted by Crippen LogP contribution is 2.39. The molecule has 0 aromatic rings. The molecule has 0 saturated carbocycles. The molecule has 0 aromatic carbocycles. The fraction of sp³-hybridized carbons (Fsp3) is 0.786. The van der Waals surface area contributed by atoms with Gasteiger partial charge in [0.15, 0.2) is 0 Å². The molecule has 0 aromatic heterocycles. The number of carbonyl (C=O) groups excluding carboxylic acids is 2. The van der Waals surface area contributed by atoms with Crippen molar-refractivity contribution in [2.45, 2.75) is 51.4 Å². The second-order valence-electron chi connectivity index (χ2n) is 5.74. The van der Waals surface area contributed by atoms with Crippen molar-refractivity contribution in [3.8, 4) is 0 Å². The Morgan fingerprint density at radius 1 is 1.38 bits per heavy atom. The van der Waals surface area contributed by atoms with Crippen LogP contribution in [0.5, 0.6) is 0 Å². The summed E-state index contributed by atoms with van der Waals surface area (Å²) in [7, 11) is 0. The highest BCUT2D eigenvalue weighted by Gasteiger charge is 2.46. The van der Waals surface area contributed by atoms with E-state index in [2.05, 4.69) is 5.32 Å². The van der Waals surface area contributed by atoms with Gasteiger partial charge in [-0.05, 0) is 26.2 Å². The largest absolute Gasteiger partial charge is 0.480 e. The first kappa shape index (κ1) is 15.8. The average molecular weight is 298 g/mol. The van der Waals surface area contributed by atoms with E-state index in [-0.39, 0.29) is 43.0 Å². The summed E-state index contributed by atoms with van der Waals surface area (Å²) in [4.78, 5) is 36.1. The molecular formula is C14H22N2O5. The third-order valence-electron chi connectivity index (χ3n) is 4.26. The monoisotopic (exact) mass is 298 g/mol. The summed E-state index contributed by atoms with van der Waals surface area (Å²) in [5.41, 5.74) is 0. The lowest BCUT2D eigenvalue weighted by molar-refractivity contribution is -0.152. The van der Waals surface area contributed by atoms with Gasteiger partial charge >= 0.3 is 5.97 Å². The van der Waals surface area contributed by atoms with E-state index >= 15 is 0 Å². The summed E-state index contributed by atoms with van der Waals surface area (Å²) in [6.45, 7) is 3.32. The van der Waals surface area contributed by atoms with Gasteiger partial charge in [0.05, 0.1) is 18.1 Å². The molecule has 7 heteroatoms. The Bertz CT molecular complexity index is 439. The Kier molecular flexibility index (Phi) is 4.82. The molecule has 4 atom stereocenters.